The van der Waals surface area contributed by atoms with Crippen molar-refractivity contribution >= 4 is 39.0 Å². The predicted molar refractivity (Wildman–Crippen MR) is 130 cm³/mol. The minimum absolute atomic E-state index is 0.277. The Balaban J connectivity index is 1.25. The predicted octanol–water partition coefficient (Wildman–Crippen LogP) is 4.06. The number of imidazole rings is 1. The molecule has 8 nitrogen and oxygen atoms in total. The molecule has 0 saturated carbocycles. The summed E-state index contributed by atoms with van der Waals surface area (Å²) in [6.45, 7) is 0.413. The summed E-state index contributed by atoms with van der Waals surface area (Å²) in [5, 5.41) is 7.29. The molecule has 160 valence electrons. The fourth-order valence-corrected chi connectivity index (χ4v) is 4.08. The van der Waals surface area contributed by atoms with E-state index in [2.05, 4.69) is 36.6 Å². The van der Waals surface area contributed by atoms with Gasteiger partial charge in [-0.2, -0.15) is 0 Å². The standard InChI is InChI=1S/C25H18N6O2/c32-24-22(23(25(24)33)31-16-2-4-20-21(10-16)30-13-29-20)28-11-14-1-3-19-17(9-14)18(12-27-19)15-5-7-26-8-6-15/h1-10,12-13,27-28,31H,11H2,(H,29,30). The summed E-state index contributed by atoms with van der Waals surface area (Å²) in [6.07, 6.45) is 7.13. The molecular formula is C25H18N6O2. The third-order valence-corrected chi connectivity index (χ3v) is 5.81. The average Bonchev–Trinajstić information content (AvgIpc) is 3.50. The largest absolute Gasteiger partial charge is 0.376 e. The van der Waals surface area contributed by atoms with E-state index < -0.39 is 10.9 Å². The lowest BCUT2D eigenvalue weighted by Crippen LogP contribution is -2.36. The van der Waals surface area contributed by atoms with E-state index in [-0.39, 0.29) is 5.69 Å². The number of hydrogen-bond donors (Lipinski definition) is 4. The minimum atomic E-state index is -0.525. The zero-order valence-corrected chi connectivity index (χ0v) is 17.3. The van der Waals surface area contributed by atoms with Gasteiger partial charge in [0.25, 0.3) is 10.9 Å². The number of benzene rings is 2. The molecular weight excluding hydrogens is 416 g/mol. The highest BCUT2D eigenvalue weighted by atomic mass is 16.2. The number of aromatic nitrogens is 4. The molecule has 3 aromatic carbocycles. The first-order chi connectivity index (χ1) is 16.2. The van der Waals surface area contributed by atoms with Gasteiger partial charge >= 0.3 is 0 Å². The molecule has 3 heterocycles. The van der Waals surface area contributed by atoms with Crippen molar-refractivity contribution in [1.29, 1.82) is 0 Å². The molecule has 6 rings (SSSR count). The van der Waals surface area contributed by atoms with E-state index in [1.54, 1.807) is 18.7 Å². The Morgan fingerprint density at radius 3 is 2.58 bits per heavy atom. The summed E-state index contributed by atoms with van der Waals surface area (Å²) in [4.78, 5) is 39.0. The number of H-pyrrole nitrogens is 2. The van der Waals surface area contributed by atoms with E-state index in [1.165, 1.54) is 0 Å². The van der Waals surface area contributed by atoms with Crippen molar-refractivity contribution in [2.45, 2.75) is 6.54 Å². The molecule has 0 aliphatic rings. The number of aromatic amines is 2. The second-order valence-corrected chi connectivity index (χ2v) is 7.84. The molecule has 4 N–H and O–H groups in total. The second-order valence-electron chi connectivity index (χ2n) is 7.84. The third-order valence-electron chi connectivity index (χ3n) is 5.81. The van der Waals surface area contributed by atoms with Gasteiger partial charge in [-0.25, -0.2) is 4.98 Å². The third kappa shape index (κ3) is 3.25. The van der Waals surface area contributed by atoms with Crippen molar-refractivity contribution in [3.63, 3.8) is 0 Å². The molecule has 8 heteroatoms. The highest BCUT2D eigenvalue weighted by Gasteiger charge is 2.21. The normalized spacial score (nSPS) is 11.4. The number of pyridine rings is 1. The molecule has 0 amide bonds. The second kappa shape index (κ2) is 7.45. The number of hydrogen-bond acceptors (Lipinski definition) is 6. The smallest absolute Gasteiger partial charge is 0.253 e. The number of rotatable bonds is 6. The Labute approximate surface area is 187 Å². The number of fused-ring (bicyclic) bond motifs is 2. The van der Waals surface area contributed by atoms with E-state index in [1.807, 2.05) is 48.7 Å². The van der Waals surface area contributed by atoms with Crippen molar-refractivity contribution in [2.75, 3.05) is 10.6 Å². The van der Waals surface area contributed by atoms with Crippen LogP contribution in [0.1, 0.15) is 5.56 Å². The van der Waals surface area contributed by atoms with Gasteiger partial charge in [-0.15, -0.1) is 0 Å². The molecule has 0 saturated heterocycles. The molecule has 0 unspecified atom stereocenters. The highest BCUT2D eigenvalue weighted by Crippen LogP contribution is 2.29. The summed E-state index contributed by atoms with van der Waals surface area (Å²) in [7, 11) is 0. The van der Waals surface area contributed by atoms with Crippen LogP contribution in [0.5, 0.6) is 0 Å². The maximum absolute atomic E-state index is 12.2. The van der Waals surface area contributed by atoms with Gasteiger partial charge in [0.15, 0.2) is 0 Å². The number of anilines is 3. The Bertz CT molecular complexity index is 1690. The maximum atomic E-state index is 12.2. The molecule has 0 atom stereocenters. The van der Waals surface area contributed by atoms with Crippen molar-refractivity contribution in [3.8, 4) is 11.1 Å². The van der Waals surface area contributed by atoms with Gasteiger partial charge in [0, 0.05) is 47.3 Å². The van der Waals surface area contributed by atoms with Gasteiger partial charge < -0.3 is 20.6 Å². The summed E-state index contributed by atoms with van der Waals surface area (Å²) in [6, 6.07) is 15.5. The van der Waals surface area contributed by atoms with Crippen molar-refractivity contribution < 1.29 is 0 Å². The van der Waals surface area contributed by atoms with Gasteiger partial charge in [0.2, 0.25) is 0 Å². The maximum Gasteiger partial charge on any atom is 0.253 e. The zero-order chi connectivity index (χ0) is 22.4. The Morgan fingerprint density at radius 2 is 1.70 bits per heavy atom. The van der Waals surface area contributed by atoms with E-state index in [9.17, 15) is 9.59 Å². The van der Waals surface area contributed by atoms with Crippen molar-refractivity contribution in [3.05, 3.63) is 99.5 Å². The van der Waals surface area contributed by atoms with Crippen molar-refractivity contribution in [1.82, 2.24) is 19.9 Å². The van der Waals surface area contributed by atoms with Crippen LogP contribution in [0.3, 0.4) is 0 Å². The molecule has 0 radical (unpaired) electrons. The summed E-state index contributed by atoms with van der Waals surface area (Å²) in [5.74, 6) is 0. The van der Waals surface area contributed by atoms with E-state index >= 15 is 0 Å². The van der Waals surface area contributed by atoms with Gasteiger partial charge in [-0.1, -0.05) is 6.07 Å². The molecule has 3 aromatic heterocycles. The van der Waals surface area contributed by atoms with Gasteiger partial charge in [0.05, 0.1) is 17.4 Å². The van der Waals surface area contributed by atoms with Crippen LogP contribution in [0, 0.1) is 0 Å². The van der Waals surface area contributed by atoms with E-state index in [0.29, 0.717) is 17.9 Å². The SMILES string of the molecule is O=c1c(NCc2ccc3[nH]cc(-c4ccncc4)c3c2)c(Nc2ccc3nc[nH]c3c2)c1=O. The van der Waals surface area contributed by atoms with Gasteiger partial charge in [0.1, 0.15) is 11.4 Å². The Hall–Kier alpha value is -4.72. The first-order valence-corrected chi connectivity index (χ1v) is 10.4. The summed E-state index contributed by atoms with van der Waals surface area (Å²) < 4.78 is 0. The minimum Gasteiger partial charge on any atom is -0.376 e. The fraction of sp³-hybridized carbons (Fsp3) is 0.0400. The molecule has 0 bridgehead atoms. The van der Waals surface area contributed by atoms with Crippen LogP contribution in [-0.2, 0) is 6.54 Å². The topological polar surface area (TPSA) is 116 Å². The number of nitrogens with zero attached hydrogens (tertiary/aromatic N) is 2. The Morgan fingerprint density at radius 1 is 0.848 bits per heavy atom. The average molecular weight is 434 g/mol. The van der Waals surface area contributed by atoms with Crippen LogP contribution in [-0.4, -0.2) is 19.9 Å². The van der Waals surface area contributed by atoms with Crippen molar-refractivity contribution in [2.24, 2.45) is 0 Å². The zero-order valence-electron chi connectivity index (χ0n) is 17.3. The first kappa shape index (κ1) is 19.0. The lowest BCUT2D eigenvalue weighted by atomic mass is 10.0. The molecule has 0 fully saturated rings. The van der Waals surface area contributed by atoms with Crippen LogP contribution in [0.15, 0.2) is 83.0 Å². The lowest BCUT2D eigenvalue weighted by molar-refractivity contribution is 1.13. The molecule has 33 heavy (non-hydrogen) atoms. The fourth-order valence-electron chi connectivity index (χ4n) is 4.08. The van der Waals surface area contributed by atoms with E-state index in [0.717, 1.165) is 38.6 Å². The summed E-state index contributed by atoms with van der Waals surface area (Å²) in [5.41, 5.74) is 6.10. The Kier molecular flexibility index (Phi) is 4.29. The van der Waals surface area contributed by atoms with E-state index in [4.69, 9.17) is 0 Å². The van der Waals surface area contributed by atoms with Gasteiger partial charge in [-0.05, 0) is 53.6 Å². The van der Waals surface area contributed by atoms with Crippen LogP contribution < -0.4 is 21.5 Å². The van der Waals surface area contributed by atoms with Gasteiger partial charge in [-0.3, -0.25) is 14.6 Å². The summed E-state index contributed by atoms with van der Waals surface area (Å²) >= 11 is 0. The van der Waals surface area contributed by atoms with Crippen LogP contribution in [0.2, 0.25) is 0 Å². The molecule has 0 aliphatic carbocycles. The first-order valence-electron chi connectivity index (χ1n) is 10.4. The quantitative estimate of drug-likeness (QED) is 0.294. The molecule has 0 aliphatic heterocycles. The number of nitrogens with one attached hydrogen (secondary N) is 4. The van der Waals surface area contributed by atoms with Crippen LogP contribution in [0.25, 0.3) is 33.1 Å². The van der Waals surface area contributed by atoms with Crippen LogP contribution in [0.4, 0.5) is 17.1 Å². The highest BCUT2D eigenvalue weighted by molar-refractivity contribution is 5.96. The van der Waals surface area contributed by atoms with Crippen LogP contribution >= 0.6 is 0 Å². The molecule has 6 aromatic rings. The lowest BCUT2D eigenvalue weighted by Gasteiger charge is -2.15. The molecule has 0 spiro atoms. The monoisotopic (exact) mass is 434 g/mol.